The van der Waals surface area contributed by atoms with Gasteiger partial charge in [-0.1, -0.05) is 5.16 Å². The number of nitrogen functional groups attached to an aromatic ring is 1. The number of anilines is 1. The van der Waals surface area contributed by atoms with Crippen molar-refractivity contribution < 1.29 is 51.0 Å². The molecule has 20 heteroatoms. The number of carboxylic acid groups (broad SMARTS) is 1. The van der Waals surface area contributed by atoms with Crippen molar-refractivity contribution in [1.82, 2.24) is 20.0 Å². The molecule has 3 aromatic rings. The van der Waals surface area contributed by atoms with Crippen LogP contribution in [0.25, 0.3) is 10.9 Å². The number of rotatable bonds is 13. The van der Waals surface area contributed by atoms with Gasteiger partial charge in [0.25, 0.3) is 17.9 Å². The molecule has 0 radical (unpaired) electrons. The molecule has 0 saturated carbocycles. The maximum absolute atomic E-state index is 13.2. The third-order valence-corrected chi connectivity index (χ3v) is 7.56. The maximum atomic E-state index is 13.2. The van der Waals surface area contributed by atoms with Crippen LogP contribution in [-0.2, 0) is 47.5 Å². The minimum absolute atomic E-state index is 0.0601. The van der Waals surface area contributed by atoms with E-state index in [1.54, 1.807) is 18.2 Å². The number of aromatic nitrogens is 3. The van der Waals surface area contributed by atoms with Crippen LogP contribution < -0.4 is 26.2 Å². The lowest BCUT2D eigenvalue weighted by atomic mass is 9.84. The number of ether oxygens (including phenoxy) is 1. The Balaban J connectivity index is 1.50. The number of thiazole rings is 1. The van der Waals surface area contributed by atoms with Crippen LogP contribution in [0, 0.1) is 0 Å². The highest BCUT2D eigenvalue weighted by molar-refractivity contribution is 7.80. The Morgan fingerprint density at radius 2 is 2.05 bits per heavy atom. The quantitative estimate of drug-likeness (QED) is 0.0485. The smallest absolute Gasteiger partial charge is 0.418 e. The fraction of sp³-hybridized carbons (Fsp3) is 0.417. The standard InChI is InChI=1S/C24H30N8O10S2/c1-12(25)8-31-9-13-7-14(5-6-16(13)30(31)4)40-10-17(22(35)36)41-29-18(15-11-43-23(26)27-15)20(33)28-19-21(34)32(24(19,2)3)42-44(37,38)39/h5-7,9,11-12,17,19H,8,10,25H2,1-4H3,(H4-,26,27,28,33,35,36,37,38,39)/p+1/b29-18-/t12-,17+,19-/m1/s1. The van der Waals surface area contributed by atoms with Gasteiger partial charge in [0, 0.05) is 17.5 Å². The number of carbonyl (C=O) groups is 3. The van der Waals surface area contributed by atoms with E-state index < -0.39 is 58.2 Å². The first-order valence-corrected chi connectivity index (χ1v) is 15.1. The second kappa shape index (κ2) is 12.3. The number of aryl methyl sites for hydroxylation is 1. The van der Waals surface area contributed by atoms with Gasteiger partial charge in [-0.2, -0.15) is 18.2 Å². The molecule has 1 aliphatic rings. The second-order valence-corrected chi connectivity index (χ2v) is 12.3. The summed E-state index contributed by atoms with van der Waals surface area (Å²) in [5.74, 6) is -3.11. The van der Waals surface area contributed by atoms with Gasteiger partial charge in [-0.3, -0.25) is 14.1 Å². The molecule has 1 aromatic carbocycles. The number of amides is 2. The fourth-order valence-electron chi connectivity index (χ4n) is 4.33. The number of fused-ring (bicyclic) bond motifs is 1. The molecule has 2 amide bonds. The number of aliphatic carboxylic acids is 1. The molecule has 0 aliphatic carbocycles. The molecule has 44 heavy (non-hydrogen) atoms. The van der Waals surface area contributed by atoms with E-state index in [1.165, 1.54) is 19.2 Å². The van der Waals surface area contributed by atoms with Gasteiger partial charge in [0.2, 0.25) is 5.52 Å². The zero-order valence-corrected chi connectivity index (χ0v) is 25.5. The maximum Gasteiger partial charge on any atom is 0.418 e. The molecule has 0 bridgehead atoms. The topological polar surface area (TPSA) is 255 Å². The molecule has 3 heterocycles. The first kappa shape index (κ1) is 32.5. The van der Waals surface area contributed by atoms with Crippen LogP contribution in [-0.4, -0.2) is 86.6 Å². The Morgan fingerprint density at radius 3 is 2.61 bits per heavy atom. The van der Waals surface area contributed by atoms with Crippen molar-refractivity contribution in [3.8, 4) is 5.75 Å². The molecule has 7 N–H and O–H groups in total. The third-order valence-electron chi connectivity index (χ3n) is 6.54. The molecular formula is C24H31N8O10S2+. The van der Waals surface area contributed by atoms with Crippen LogP contribution in [0.2, 0.25) is 0 Å². The first-order chi connectivity index (χ1) is 20.5. The van der Waals surface area contributed by atoms with E-state index in [2.05, 4.69) is 19.7 Å². The number of benzene rings is 1. The Morgan fingerprint density at radius 1 is 1.34 bits per heavy atom. The monoisotopic (exact) mass is 655 g/mol. The number of nitrogens with one attached hydrogen (secondary N) is 1. The fourth-order valence-corrected chi connectivity index (χ4v) is 5.33. The van der Waals surface area contributed by atoms with Crippen LogP contribution in [0.5, 0.6) is 5.75 Å². The number of nitrogens with two attached hydrogens (primary N) is 2. The number of carbonyl (C=O) groups excluding carboxylic acids is 2. The molecule has 1 saturated heterocycles. The number of carboxylic acids is 1. The number of hydrogen-bond acceptors (Lipinski definition) is 13. The molecule has 2 aromatic heterocycles. The highest BCUT2D eigenvalue weighted by atomic mass is 32.3. The highest BCUT2D eigenvalue weighted by Crippen LogP contribution is 2.33. The molecular weight excluding hydrogens is 624 g/mol. The average Bonchev–Trinajstić information content (AvgIpc) is 3.48. The van der Waals surface area contributed by atoms with E-state index in [9.17, 15) is 27.9 Å². The summed E-state index contributed by atoms with van der Waals surface area (Å²) in [5, 5.41) is 18.4. The van der Waals surface area contributed by atoms with Crippen molar-refractivity contribution in [2.45, 2.75) is 51.0 Å². The number of oxime groups is 1. The van der Waals surface area contributed by atoms with Gasteiger partial charge in [0.1, 0.15) is 24.1 Å². The molecule has 3 atom stereocenters. The summed E-state index contributed by atoms with van der Waals surface area (Å²) < 4.78 is 44.9. The van der Waals surface area contributed by atoms with Crippen molar-refractivity contribution >= 4 is 61.3 Å². The number of hydrogen-bond donors (Lipinski definition) is 5. The number of nitrogens with zero attached hydrogens (tertiary/aromatic N) is 5. The van der Waals surface area contributed by atoms with Gasteiger partial charge in [0.15, 0.2) is 17.9 Å². The van der Waals surface area contributed by atoms with Crippen LogP contribution in [0.1, 0.15) is 26.5 Å². The van der Waals surface area contributed by atoms with Gasteiger partial charge in [-0.05, 0) is 32.9 Å². The Hall–Kier alpha value is -4.37. The molecule has 238 valence electrons. The lowest BCUT2D eigenvalue weighted by molar-refractivity contribution is -0.730. The van der Waals surface area contributed by atoms with Gasteiger partial charge < -0.3 is 31.5 Å². The van der Waals surface area contributed by atoms with E-state index in [-0.39, 0.29) is 16.9 Å². The molecule has 18 nitrogen and oxygen atoms in total. The van der Waals surface area contributed by atoms with Crippen molar-refractivity contribution in [3.63, 3.8) is 0 Å². The molecule has 4 rings (SSSR count). The van der Waals surface area contributed by atoms with Gasteiger partial charge in [-0.25, -0.2) is 9.78 Å². The number of β-lactam (4-membered cyclic amide) rings is 1. The largest absolute Gasteiger partial charge is 0.489 e. The van der Waals surface area contributed by atoms with E-state index in [0.29, 0.717) is 17.4 Å². The molecule has 0 unspecified atom stereocenters. The Labute approximate surface area is 254 Å². The van der Waals surface area contributed by atoms with Crippen LogP contribution >= 0.6 is 11.3 Å². The molecule has 1 aliphatic heterocycles. The van der Waals surface area contributed by atoms with Crippen LogP contribution in [0.15, 0.2) is 34.9 Å². The summed E-state index contributed by atoms with van der Waals surface area (Å²) in [6, 6.07) is 3.78. The molecule has 1 fully saturated rings. The second-order valence-electron chi connectivity index (χ2n) is 10.4. The van der Waals surface area contributed by atoms with E-state index >= 15 is 0 Å². The Bertz CT molecular complexity index is 1730. The van der Waals surface area contributed by atoms with Crippen LogP contribution in [0.3, 0.4) is 0 Å². The lowest BCUT2D eigenvalue weighted by Gasteiger charge is -2.50. The van der Waals surface area contributed by atoms with Gasteiger partial charge >= 0.3 is 16.4 Å². The van der Waals surface area contributed by atoms with Crippen LogP contribution in [0.4, 0.5) is 5.13 Å². The minimum atomic E-state index is -5.01. The third kappa shape index (κ3) is 7.05. The van der Waals surface area contributed by atoms with Crippen molar-refractivity contribution in [2.24, 2.45) is 17.9 Å². The summed E-state index contributed by atoms with van der Waals surface area (Å²) >= 11 is 0.960. The number of hydroxylamine groups is 2. The van der Waals surface area contributed by atoms with Crippen molar-refractivity contribution in [2.75, 3.05) is 12.3 Å². The predicted molar refractivity (Wildman–Crippen MR) is 153 cm³/mol. The zero-order valence-electron chi connectivity index (χ0n) is 23.9. The normalized spacial score (nSPS) is 18.0. The summed E-state index contributed by atoms with van der Waals surface area (Å²) in [7, 11) is -3.13. The average molecular weight is 656 g/mol. The van der Waals surface area contributed by atoms with Gasteiger partial charge in [-0.15, -0.1) is 20.3 Å². The summed E-state index contributed by atoms with van der Waals surface area (Å²) in [4.78, 5) is 46.8. The minimum Gasteiger partial charge on any atom is -0.489 e. The summed E-state index contributed by atoms with van der Waals surface area (Å²) in [6.45, 7) is 4.69. The van der Waals surface area contributed by atoms with Crippen molar-refractivity contribution in [1.29, 1.82) is 0 Å². The lowest BCUT2D eigenvalue weighted by Crippen LogP contribution is -2.76. The van der Waals surface area contributed by atoms with E-state index in [4.69, 9.17) is 25.6 Å². The van der Waals surface area contributed by atoms with Gasteiger partial charge in [0.05, 0.1) is 23.7 Å². The summed E-state index contributed by atoms with van der Waals surface area (Å²) in [6.07, 6.45) is 0.205. The highest BCUT2D eigenvalue weighted by Gasteiger charge is 2.58. The summed E-state index contributed by atoms with van der Waals surface area (Å²) in [5.41, 5.74) is 10.5. The predicted octanol–water partition coefficient (Wildman–Crippen LogP) is -1.06. The zero-order chi connectivity index (χ0) is 32.6. The Kier molecular flexibility index (Phi) is 9.11. The SMILES string of the molecule is C[C@@H](N)Cn1cc2cc(OC[C@H](O/N=C(\C(=O)N[C@@H]3C(=O)N(OS(=O)(=O)O)C3(C)C)c3csc(N)n3)C(=O)O)ccc2[n+]1C. The van der Waals surface area contributed by atoms with E-state index in [0.717, 1.165) is 22.2 Å². The first-order valence-electron chi connectivity index (χ1n) is 12.9. The molecule has 0 spiro atoms. The van der Waals surface area contributed by atoms with Crippen molar-refractivity contribution in [3.05, 3.63) is 35.5 Å². The van der Waals surface area contributed by atoms with E-state index in [1.807, 2.05) is 29.5 Å².